The highest BCUT2D eigenvalue weighted by Crippen LogP contribution is 2.30. The summed E-state index contributed by atoms with van der Waals surface area (Å²) in [6.07, 6.45) is 0.680. The van der Waals surface area contributed by atoms with Crippen molar-refractivity contribution in [1.29, 1.82) is 0 Å². The van der Waals surface area contributed by atoms with Crippen LogP contribution in [0.5, 0.6) is 5.75 Å². The topological polar surface area (TPSA) is 115 Å². The number of amides is 2. The van der Waals surface area contributed by atoms with Crippen molar-refractivity contribution in [3.05, 3.63) is 136 Å². The molecule has 0 aliphatic rings. The van der Waals surface area contributed by atoms with E-state index in [1.54, 1.807) is 6.07 Å². The van der Waals surface area contributed by atoms with Gasteiger partial charge in [0.2, 0.25) is 5.56 Å². The van der Waals surface area contributed by atoms with Gasteiger partial charge in [-0.3, -0.25) is 4.79 Å². The Morgan fingerprint density at radius 1 is 0.805 bits per heavy atom. The molecule has 5 rings (SSSR count). The number of H-pyrrole nitrogens is 1. The Hall–Kier alpha value is -4.92. The maximum atomic E-state index is 12.4. The van der Waals surface area contributed by atoms with Gasteiger partial charge in [-0.2, -0.15) is 0 Å². The van der Waals surface area contributed by atoms with Crippen LogP contribution in [0, 0.1) is 0 Å². The molecule has 0 aliphatic heterocycles. The molecule has 208 valence electrons. The number of fused-ring (bicyclic) bond motifs is 1. The van der Waals surface area contributed by atoms with Gasteiger partial charge in [-0.15, -0.1) is 0 Å². The van der Waals surface area contributed by atoms with Gasteiger partial charge in [0.1, 0.15) is 12.4 Å². The number of aromatic amines is 1. The average molecular weight is 549 g/mol. The summed E-state index contributed by atoms with van der Waals surface area (Å²) in [5, 5.41) is 20.2. The van der Waals surface area contributed by atoms with Crippen molar-refractivity contribution in [2.45, 2.75) is 19.1 Å². The maximum absolute atomic E-state index is 12.4. The van der Waals surface area contributed by atoms with E-state index in [2.05, 4.69) is 20.9 Å². The second-order valence-electron chi connectivity index (χ2n) is 9.62. The maximum Gasteiger partial charge on any atom is 0.323 e. The van der Waals surface area contributed by atoms with Crippen molar-refractivity contribution < 1.29 is 14.6 Å². The number of carbonyl (C=O) groups excluding carboxylic acids is 1. The third-order valence-corrected chi connectivity index (χ3v) is 6.71. The van der Waals surface area contributed by atoms with E-state index in [4.69, 9.17) is 4.74 Å². The third kappa shape index (κ3) is 7.39. The van der Waals surface area contributed by atoms with Crippen molar-refractivity contribution in [3.8, 4) is 5.75 Å². The van der Waals surface area contributed by atoms with Crippen molar-refractivity contribution in [3.63, 3.8) is 0 Å². The van der Waals surface area contributed by atoms with Crippen LogP contribution in [0.4, 0.5) is 16.2 Å². The number of aliphatic hydroxyl groups excluding tert-OH is 1. The summed E-state index contributed by atoms with van der Waals surface area (Å²) >= 11 is 0. The highest BCUT2D eigenvalue weighted by Gasteiger charge is 2.16. The van der Waals surface area contributed by atoms with Gasteiger partial charge in [0, 0.05) is 22.8 Å². The molecule has 0 saturated heterocycles. The monoisotopic (exact) mass is 548 g/mol. The van der Waals surface area contributed by atoms with E-state index < -0.39 is 0 Å². The molecular weight excluding hydrogens is 516 g/mol. The summed E-state index contributed by atoms with van der Waals surface area (Å²) in [7, 11) is 0. The lowest BCUT2D eigenvalue weighted by Gasteiger charge is -2.20. The summed E-state index contributed by atoms with van der Waals surface area (Å²) in [5.41, 5.74) is 4.69. The Morgan fingerprint density at radius 3 is 2.29 bits per heavy atom. The molecule has 1 unspecified atom stereocenters. The molecule has 0 fully saturated rings. The van der Waals surface area contributed by atoms with E-state index in [0.29, 0.717) is 42.2 Å². The molecule has 1 heterocycles. The smallest absolute Gasteiger partial charge is 0.323 e. The number of aromatic nitrogens is 1. The Bertz CT molecular complexity index is 1660. The van der Waals surface area contributed by atoms with E-state index in [1.165, 1.54) is 6.07 Å². The van der Waals surface area contributed by atoms with Crippen molar-refractivity contribution in [1.82, 2.24) is 10.3 Å². The second-order valence-corrected chi connectivity index (χ2v) is 9.62. The molecule has 1 aromatic heterocycles. The minimum Gasteiger partial charge on any atom is -0.487 e. The summed E-state index contributed by atoms with van der Waals surface area (Å²) in [6, 6.07) is 33.1. The molecular formula is C33H32N4O4. The number of benzene rings is 4. The first-order valence-electron chi connectivity index (χ1n) is 13.5. The number of carbonyl (C=O) groups is 1. The number of urea groups is 1. The molecule has 8 nitrogen and oxygen atoms in total. The first-order valence-corrected chi connectivity index (χ1v) is 13.5. The molecule has 0 saturated carbocycles. The van der Waals surface area contributed by atoms with Crippen LogP contribution in [0.1, 0.15) is 22.7 Å². The number of aliphatic hydroxyl groups is 1. The predicted molar refractivity (Wildman–Crippen MR) is 162 cm³/mol. The van der Waals surface area contributed by atoms with Gasteiger partial charge in [-0.05, 0) is 66.1 Å². The lowest BCUT2D eigenvalue weighted by atomic mass is 10.0. The molecule has 5 N–H and O–H groups in total. The highest BCUT2D eigenvalue weighted by atomic mass is 16.5. The van der Waals surface area contributed by atoms with Crippen LogP contribution in [0.2, 0.25) is 0 Å². The zero-order valence-corrected chi connectivity index (χ0v) is 22.5. The molecule has 41 heavy (non-hydrogen) atoms. The van der Waals surface area contributed by atoms with E-state index in [0.717, 1.165) is 22.1 Å². The minimum atomic E-state index is -0.357. The molecule has 4 aromatic carbocycles. The van der Waals surface area contributed by atoms with Crippen LogP contribution in [0.3, 0.4) is 0 Å². The van der Waals surface area contributed by atoms with Gasteiger partial charge in [0.25, 0.3) is 0 Å². The standard InChI is InChI=1S/C33H32N4O4/c38-21-29(34-19-18-23-10-7-13-26(20-23)36-33(40)35-25-11-5-2-6-12-25)27-14-16-30(32-28(27)15-17-31(39)37-32)41-22-24-8-3-1-4-9-24/h1-17,20,29,34,38H,18-19,21-22H2,(H,37,39)(H2,35,36,40). The molecule has 5 aromatic rings. The van der Waals surface area contributed by atoms with Crippen LogP contribution in [-0.4, -0.2) is 29.3 Å². The van der Waals surface area contributed by atoms with Crippen LogP contribution >= 0.6 is 0 Å². The lowest BCUT2D eigenvalue weighted by Crippen LogP contribution is -2.27. The number of hydrogen-bond donors (Lipinski definition) is 5. The quantitative estimate of drug-likeness (QED) is 0.147. The molecule has 1 atom stereocenters. The minimum absolute atomic E-state index is 0.125. The molecule has 0 spiro atoms. The summed E-state index contributed by atoms with van der Waals surface area (Å²) in [6.45, 7) is 0.831. The summed E-state index contributed by atoms with van der Waals surface area (Å²) < 4.78 is 6.05. The summed E-state index contributed by atoms with van der Waals surface area (Å²) in [5.74, 6) is 0.572. The fourth-order valence-electron chi connectivity index (χ4n) is 4.69. The van der Waals surface area contributed by atoms with Crippen LogP contribution in [0.25, 0.3) is 10.9 Å². The fourth-order valence-corrected chi connectivity index (χ4v) is 4.69. The Morgan fingerprint density at radius 2 is 1.51 bits per heavy atom. The molecule has 2 amide bonds. The molecule has 0 aliphatic carbocycles. The van der Waals surface area contributed by atoms with E-state index in [-0.39, 0.29) is 24.2 Å². The van der Waals surface area contributed by atoms with Gasteiger partial charge in [0.05, 0.1) is 18.2 Å². The zero-order valence-electron chi connectivity index (χ0n) is 22.5. The third-order valence-electron chi connectivity index (χ3n) is 6.71. The van der Waals surface area contributed by atoms with Gasteiger partial charge >= 0.3 is 6.03 Å². The molecule has 0 radical (unpaired) electrons. The number of nitrogens with one attached hydrogen (secondary N) is 4. The van der Waals surface area contributed by atoms with Gasteiger partial charge in [0.15, 0.2) is 0 Å². The van der Waals surface area contributed by atoms with Crippen LogP contribution < -0.4 is 26.2 Å². The van der Waals surface area contributed by atoms with E-state index in [1.807, 2.05) is 97.1 Å². The van der Waals surface area contributed by atoms with E-state index >= 15 is 0 Å². The number of rotatable bonds is 11. The SMILES string of the molecule is O=C(Nc1ccccc1)Nc1cccc(CCNC(CO)c2ccc(OCc3ccccc3)c3[nH]c(=O)ccc23)c1. The Balaban J connectivity index is 1.24. The molecule has 8 heteroatoms. The van der Waals surface area contributed by atoms with Crippen LogP contribution in [-0.2, 0) is 13.0 Å². The van der Waals surface area contributed by atoms with Crippen molar-refractivity contribution in [2.24, 2.45) is 0 Å². The highest BCUT2D eigenvalue weighted by molar-refractivity contribution is 5.99. The Labute approximate surface area is 238 Å². The lowest BCUT2D eigenvalue weighted by molar-refractivity contribution is 0.245. The second kappa shape index (κ2) is 13.4. The number of anilines is 2. The zero-order chi connectivity index (χ0) is 28.4. The van der Waals surface area contributed by atoms with Gasteiger partial charge in [-0.25, -0.2) is 4.79 Å². The van der Waals surface area contributed by atoms with E-state index in [9.17, 15) is 14.7 Å². The predicted octanol–water partition coefficient (Wildman–Crippen LogP) is 5.62. The number of hydrogen-bond acceptors (Lipinski definition) is 5. The largest absolute Gasteiger partial charge is 0.487 e. The van der Waals surface area contributed by atoms with Gasteiger partial charge in [-0.1, -0.05) is 66.7 Å². The molecule has 0 bridgehead atoms. The Kier molecular flexibility index (Phi) is 9.05. The van der Waals surface area contributed by atoms with Gasteiger partial charge < -0.3 is 30.8 Å². The fraction of sp³-hybridized carbons (Fsp3) is 0.152. The number of pyridine rings is 1. The average Bonchev–Trinajstić information content (AvgIpc) is 2.99. The van der Waals surface area contributed by atoms with Crippen LogP contribution in [0.15, 0.2) is 114 Å². The first-order chi connectivity index (χ1) is 20.1. The van der Waals surface area contributed by atoms with Crippen molar-refractivity contribution in [2.75, 3.05) is 23.8 Å². The van der Waals surface area contributed by atoms with Crippen molar-refractivity contribution >= 4 is 28.3 Å². The number of para-hydroxylation sites is 1. The first kappa shape index (κ1) is 27.6. The number of ether oxygens (including phenoxy) is 1. The summed E-state index contributed by atoms with van der Waals surface area (Å²) in [4.78, 5) is 27.4. The normalized spacial score (nSPS) is 11.6.